The van der Waals surface area contributed by atoms with Gasteiger partial charge in [0.25, 0.3) is 0 Å². The third-order valence-electron chi connectivity index (χ3n) is 3.53. The molecule has 0 atom stereocenters. The quantitative estimate of drug-likeness (QED) is 0.797. The largest absolute Gasteiger partial charge is 0.336 e. The lowest BCUT2D eigenvalue weighted by molar-refractivity contribution is 0.241. The molecule has 1 aromatic carbocycles. The zero-order valence-electron chi connectivity index (χ0n) is 10.9. The molecule has 1 aromatic rings. The van der Waals surface area contributed by atoms with Crippen LogP contribution in [0.2, 0.25) is 5.02 Å². The first-order valence-corrected chi connectivity index (χ1v) is 7.05. The van der Waals surface area contributed by atoms with Crippen molar-refractivity contribution in [2.24, 2.45) is 5.73 Å². The van der Waals surface area contributed by atoms with Crippen molar-refractivity contribution in [1.29, 1.82) is 0 Å². The summed E-state index contributed by atoms with van der Waals surface area (Å²) in [4.78, 5) is 11.8. The molecule has 0 aromatic heterocycles. The van der Waals surface area contributed by atoms with E-state index in [0.29, 0.717) is 17.3 Å². The molecular weight excluding hydrogens is 262 g/mol. The van der Waals surface area contributed by atoms with Gasteiger partial charge in [-0.3, -0.25) is 0 Å². The summed E-state index contributed by atoms with van der Waals surface area (Å²) in [6, 6.07) is 6.83. The number of urea groups is 1. The molecule has 0 heterocycles. The maximum Gasteiger partial charge on any atom is 0.319 e. The van der Waals surface area contributed by atoms with E-state index in [0.717, 1.165) is 25.7 Å². The van der Waals surface area contributed by atoms with Gasteiger partial charge in [0, 0.05) is 22.8 Å². The van der Waals surface area contributed by atoms with Crippen molar-refractivity contribution in [2.75, 3.05) is 11.9 Å². The summed E-state index contributed by atoms with van der Waals surface area (Å²) in [5.41, 5.74) is 6.70. The van der Waals surface area contributed by atoms with Crippen molar-refractivity contribution >= 4 is 23.3 Å². The van der Waals surface area contributed by atoms with Gasteiger partial charge in [-0.25, -0.2) is 4.79 Å². The van der Waals surface area contributed by atoms with E-state index in [1.165, 1.54) is 6.42 Å². The van der Waals surface area contributed by atoms with E-state index in [9.17, 15) is 4.79 Å². The van der Waals surface area contributed by atoms with Gasteiger partial charge in [-0.05, 0) is 31.0 Å². The Morgan fingerprint density at radius 1 is 1.32 bits per heavy atom. The molecule has 2 amide bonds. The van der Waals surface area contributed by atoms with E-state index in [1.807, 2.05) is 0 Å². The van der Waals surface area contributed by atoms with Crippen LogP contribution in [0.1, 0.15) is 32.1 Å². The van der Waals surface area contributed by atoms with Crippen LogP contribution < -0.4 is 16.4 Å². The van der Waals surface area contributed by atoms with Crippen molar-refractivity contribution in [3.63, 3.8) is 0 Å². The predicted molar refractivity (Wildman–Crippen MR) is 78.5 cm³/mol. The monoisotopic (exact) mass is 281 g/mol. The highest BCUT2D eigenvalue weighted by Gasteiger charge is 2.27. The molecule has 0 saturated heterocycles. The van der Waals surface area contributed by atoms with Gasteiger partial charge >= 0.3 is 6.03 Å². The SMILES string of the molecule is NC1(CNC(=O)Nc2cccc(Cl)c2)CCCCC1. The number of halogens is 1. The number of anilines is 1. The maximum absolute atomic E-state index is 11.8. The van der Waals surface area contributed by atoms with Gasteiger partial charge in [0.15, 0.2) is 0 Å². The minimum Gasteiger partial charge on any atom is -0.336 e. The van der Waals surface area contributed by atoms with Crippen LogP contribution in [-0.4, -0.2) is 18.1 Å². The summed E-state index contributed by atoms with van der Waals surface area (Å²) >= 11 is 5.86. The molecule has 4 nitrogen and oxygen atoms in total. The van der Waals surface area contributed by atoms with Crippen molar-refractivity contribution in [3.05, 3.63) is 29.3 Å². The van der Waals surface area contributed by atoms with E-state index < -0.39 is 0 Å². The van der Waals surface area contributed by atoms with Crippen LogP contribution in [0.4, 0.5) is 10.5 Å². The second-order valence-electron chi connectivity index (χ2n) is 5.24. The molecule has 1 saturated carbocycles. The van der Waals surface area contributed by atoms with Crippen LogP contribution in [0.3, 0.4) is 0 Å². The smallest absolute Gasteiger partial charge is 0.319 e. The number of nitrogens with one attached hydrogen (secondary N) is 2. The second kappa shape index (κ2) is 6.26. The molecular formula is C14H20ClN3O. The number of nitrogens with two attached hydrogens (primary N) is 1. The summed E-state index contributed by atoms with van der Waals surface area (Å²) in [5.74, 6) is 0. The average molecular weight is 282 g/mol. The van der Waals surface area contributed by atoms with Crippen LogP contribution in [0, 0.1) is 0 Å². The third-order valence-corrected chi connectivity index (χ3v) is 3.77. The highest BCUT2D eigenvalue weighted by atomic mass is 35.5. The first-order valence-electron chi connectivity index (χ1n) is 6.67. The zero-order valence-corrected chi connectivity index (χ0v) is 11.7. The Hall–Kier alpha value is -1.26. The number of carbonyl (C=O) groups is 1. The number of rotatable bonds is 3. The summed E-state index contributed by atoms with van der Waals surface area (Å²) in [5, 5.41) is 6.19. The lowest BCUT2D eigenvalue weighted by Gasteiger charge is -2.33. The highest BCUT2D eigenvalue weighted by molar-refractivity contribution is 6.30. The van der Waals surface area contributed by atoms with Crippen LogP contribution in [0.25, 0.3) is 0 Å². The maximum atomic E-state index is 11.8. The molecule has 0 bridgehead atoms. The van der Waals surface area contributed by atoms with E-state index in [2.05, 4.69) is 10.6 Å². The molecule has 2 rings (SSSR count). The molecule has 1 aliphatic rings. The molecule has 0 spiro atoms. The van der Waals surface area contributed by atoms with Gasteiger partial charge in [-0.1, -0.05) is 36.9 Å². The lowest BCUT2D eigenvalue weighted by atomic mass is 9.82. The number of hydrogen-bond acceptors (Lipinski definition) is 2. The standard InChI is InChI=1S/C14H20ClN3O/c15-11-5-4-6-12(9-11)18-13(19)17-10-14(16)7-2-1-3-8-14/h4-6,9H,1-3,7-8,10,16H2,(H2,17,18,19). The van der Waals surface area contributed by atoms with Crippen LogP contribution >= 0.6 is 11.6 Å². The number of amides is 2. The van der Waals surface area contributed by atoms with Gasteiger partial charge in [0.05, 0.1) is 0 Å². The molecule has 0 aliphatic heterocycles. The molecule has 1 aliphatic carbocycles. The number of hydrogen-bond donors (Lipinski definition) is 3. The molecule has 5 heteroatoms. The summed E-state index contributed by atoms with van der Waals surface area (Å²) in [6.07, 6.45) is 5.49. The summed E-state index contributed by atoms with van der Waals surface area (Å²) in [7, 11) is 0. The lowest BCUT2D eigenvalue weighted by Crippen LogP contribution is -2.52. The van der Waals surface area contributed by atoms with Crippen LogP contribution in [0.15, 0.2) is 24.3 Å². The van der Waals surface area contributed by atoms with Crippen molar-refractivity contribution in [1.82, 2.24) is 5.32 Å². The highest BCUT2D eigenvalue weighted by Crippen LogP contribution is 2.25. The van der Waals surface area contributed by atoms with Gasteiger partial charge in [-0.2, -0.15) is 0 Å². The Bertz CT molecular complexity index is 444. The van der Waals surface area contributed by atoms with E-state index in [-0.39, 0.29) is 11.6 Å². The normalized spacial score (nSPS) is 17.8. The Balaban J connectivity index is 1.81. The van der Waals surface area contributed by atoms with E-state index in [4.69, 9.17) is 17.3 Å². The molecule has 19 heavy (non-hydrogen) atoms. The van der Waals surface area contributed by atoms with Gasteiger partial charge in [0.1, 0.15) is 0 Å². The van der Waals surface area contributed by atoms with Gasteiger partial charge < -0.3 is 16.4 Å². The fourth-order valence-electron chi connectivity index (χ4n) is 2.43. The summed E-state index contributed by atoms with van der Waals surface area (Å²) in [6.45, 7) is 0.513. The molecule has 0 radical (unpaired) electrons. The fourth-order valence-corrected chi connectivity index (χ4v) is 2.62. The third kappa shape index (κ3) is 4.40. The second-order valence-corrected chi connectivity index (χ2v) is 5.68. The van der Waals surface area contributed by atoms with E-state index >= 15 is 0 Å². The van der Waals surface area contributed by atoms with Crippen molar-refractivity contribution in [2.45, 2.75) is 37.6 Å². The molecule has 104 valence electrons. The van der Waals surface area contributed by atoms with E-state index in [1.54, 1.807) is 24.3 Å². The average Bonchev–Trinajstić information content (AvgIpc) is 2.38. The first kappa shape index (κ1) is 14.2. The van der Waals surface area contributed by atoms with Crippen LogP contribution in [-0.2, 0) is 0 Å². The molecule has 4 N–H and O–H groups in total. The molecule has 1 fully saturated rings. The number of carbonyl (C=O) groups excluding carboxylic acids is 1. The van der Waals surface area contributed by atoms with Crippen molar-refractivity contribution in [3.8, 4) is 0 Å². The topological polar surface area (TPSA) is 67.1 Å². The predicted octanol–water partition coefficient (Wildman–Crippen LogP) is 3.12. The van der Waals surface area contributed by atoms with Crippen molar-refractivity contribution < 1.29 is 4.79 Å². The van der Waals surface area contributed by atoms with Gasteiger partial charge in [-0.15, -0.1) is 0 Å². The number of benzene rings is 1. The Kier molecular flexibility index (Phi) is 4.66. The fraction of sp³-hybridized carbons (Fsp3) is 0.500. The molecule has 0 unspecified atom stereocenters. The minimum atomic E-state index is -0.246. The van der Waals surface area contributed by atoms with Gasteiger partial charge in [0.2, 0.25) is 0 Å². The van der Waals surface area contributed by atoms with Crippen LogP contribution in [0.5, 0.6) is 0 Å². The Morgan fingerprint density at radius 2 is 2.05 bits per heavy atom. The minimum absolute atomic E-state index is 0.238. The Labute approximate surface area is 118 Å². The summed E-state index contributed by atoms with van der Waals surface area (Å²) < 4.78 is 0. The Morgan fingerprint density at radius 3 is 2.74 bits per heavy atom. The first-order chi connectivity index (χ1) is 9.07. The zero-order chi connectivity index (χ0) is 13.7.